The number of hydrogen-bond donors (Lipinski definition) is 3. The van der Waals surface area contributed by atoms with Crippen molar-refractivity contribution in [3.8, 4) is 0 Å². The fraction of sp³-hybridized carbons (Fsp3) is 0.556. The van der Waals surface area contributed by atoms with E-state index < -0.39 is 5.60 Å². The molecule has 3 N–H and O–H groups in total. The Morgan fingerprint density at radius 1 is 1.46 bits per heavy atom. The van der Waals surface area contributed by atoms with Crippen LogP contribution in [0.3, 0.4) is 0 Å². The highest BCUT2D eigenvalue weighted by Gasteiger charge is 2.21. The lowest BCUT2D eigenvalue weighted by molar-refractivity contribution is -0.122. The Morgan fingerprint density at radius 3 is 2.88 bits per heavy atom. The van der Waals surface area contributed by atoms with Crippen molar-refractivity contribution >= 4 is 16.9 Å². The molecule has 1 aromatic carbocycles. The second-order valence-electron chi connectivity index (χ2n) is 7.03. The summed E-state index contributed by atoms with van der Waals surface area (Å²) in [5.74, 6) is 0.568. The van der Waals surface area contributed by atoms with Gasteiger partial charge < -0.3 is 15.4 Å². The van der Waals surface area contributed by atoms with Crippen LogP contribution in [0.2, 0.25) is 0 Å². The van der Waals surface area contributed by atoms with Crippen LogP contribution in [-0.4, -0.2) is 33.1 Å². The van der Waals surface area contributed by atoms with Crippen molar-refractivity contribution in [1.29, 1.82) is 0 Å². The molecule has 0 saturated heterocycles. The SMILES string of the molecule is CC(C)CCC(C)(O)CNC(=O)CCc1nc2c(F)cccc2[nH]1. The number of hydrogen-bond acceptors (Lipinski definition) is 3. The Bertz CT molecular complexity index is 695. The number of H-pyrrole nitrogens is 1. The molecule has 1 aromatic heterocycles. The van der Waals surface area contributed by atoms with Gasteiger partial charge in [0, 0.05) is 19.4 Å². The molecular weight excluding hydrogens is 309 g/mol. The van der Waals surface area contributed by atoms with E-state index in [0.717, 1.165) is 6.42 Å². The molecule has 1 atom stereocenters. The first kappa shape index (κ1) is 18.4. The summed E-state index contributed by atoms with van der Waals surface area (Å²) in [6.45, 7) is 6.17. The van der Waals surface area contributed by atoms with Gasteiger partial charge in [0.05, 0.1) is 11.1 Å². The van der Waals surface area contributed by atoms with Crippen molar-refractivity contribution in [2.45, 2.75) is 52.1 Å². The van der Waals surface area contributed by atoms with Crippen LogP contribution in [0, 0.1) is 11.7 Å². The van der Waals surface area contributed by atoms with Gasteiger partial charge in [-0.3, -0.25) is 4.79 Å². The number of rotatable bonds is 8. The number of aromatic nitrogens is 2. The maximum Gasteiger partial charge on any atom is 0.220 e. The maximum absolute atomic E-state index is 13.6. The summed E-state index contributed by atoms with van der Waals surface area (Å²) in [5, 5.41) is 13.0. The van der Waals surface area contributed by atoms with Crippen LogP contribution >= 0.6 is 0 Å². The average Bonchev–Trinajstić information content (AvgIpc) is 2.94. The van der Waals surface area contributed by atoms with Gasteiger partial charge in [0.2, 0.25) is 5.91 Å². The van der Waals surface area contributed by atoms with Gasteiger partial charge in [0.1, 0.15) is 11.3 Å². The van der Waals surface area contributed by atoms with Gasteiger partial charge in [-0.05, 0) is 37.8 Å². The second kappa shape index (κ2) is 7.75. The van der Waals surface area contributed by atoms with Crippen molar-refractivity contribution in [3.05, 3.63) is 29.8 Å². The van der Waals surface area contributed by atoms with Gasteiger partial charge in [-0.15, -0.1) is 0 Å². The molecule has 0 aliphatic rings. The number of carbonyl (C=O) groups excluding carboxylic acids is 1. The van der Waals surface area contributed by atoms with Gasteiger partial charge in [-0.2, -0.15) is 0 Å². The molecular formula is C18H26FN3O2. The Labute approximate surface area is 141 Å². The molecule has 5 nitrogen and oxygen atoms in total. The van der Waals surface area contributed by atoms with Crippen molar-refractivity contribution in [2.75, 3.05) is 6.54 Å². The zero-order valence-corrected chi connectivity index (χ0v) is 14.5. The summed E-state index contributed by atoms with van der Waals surface area (Å²) in [6, 6.07) is 4.73. The van der Waals surface area contributed by atoms with Crippen LogP contribution < -0.4 is 5.32 Å². The lowest BCUT2D eigenvalue weighted by Crippen LogP contribution is -2.40. The molecule has 132 valence electrons. The Hall–Kier alpha value is -1.95. The number of para-hydroxylation sites is 1. The molecule has 0 fully saturated rings. The average molecular weight is 335 g/mol. The minimum atomic E-state index is -0.900. The lowest BCUT2D eigenvalue weighted by atomic mass is 9.95. The quantitative estimate of drug-likeness (QED) is 0.694. The van der Waals surface area contributed by atoms with Crippen molar-refractivity contribution in [3.63, 3.8) is 0 Å². The van der Waals surface area contributed by atoms with Crippen LogP contribution in [0.5, 0.6) is 0 Å². The Morgan fingerprint density at radius 2 is 2.21 bits per heavy atom. The van der Waals surface area contributed by atoms with E-state index in [0.29, 0.717) is 35.6 Å². The molecule has 0 bridgehead atoms. The molecule has 24 heavy (non-hydrogen) atoms. The molecule has 1 heterocycles. The van der Waals surface area contributed by atoms with Crippen molar-refractivity contribution in [2.24, 2.45) is 5.92 Å². The molecule has 0 radical (unpaired) electrons. The smallest absolute Gasteiger partial charge is 0.220 e. The first-order chi connectivity index (χ1) is 11.3. The van der Waals surface area contributed by atoms with Crippen LogP contribution in [0.4, 0.5) is 4.39 Å². The highest BCUT2D eigenvalue weighted by molar-refractivity contribution is 5.77. The minimum Gasteiger partial charge on any atom is -0.388 e. The van der Waals surface area contributed by atoms with Crippen molar-refractivity contribution < 1.29 is 14.3 Å². The van der Waals surface area contributed by atoms with Gasteiger partial charge in [0.15, 0.2) is 5.82 Å². The number of benzene rings is 1. The highest BCUT2D eigenvalue weighted by Crippen LogP contribution is 2.17. The highest BCUT2D eigenvalue weighted by atomic mass is 19.1. The van der Waals surface area contributed by atoms with Crippen LogP contribution in [0.15, 0.2) is 18.2 Å². The number of aromatic amines is 1. The number of imidazole rings is 1. The first-order valence-corrected chi connectivity index (χ1v) is 8.39. The maximum atomic E-state index is 13.6. The molecule has 1 unspecified atom stereocenters. The fourth-order valence-electron chi connectivity index (χ4n) is 2.46. The van der Waals surface area contributed by atoms with Crippen LogP contribution in [0.1, 0.15) is 45.9 Å². The number of nitrogens with zero attached hydrogens (tertiary/aromatic N) is 1. The predicted octanol–water partition coefficient (Wildman–Crippen LogP) is 2.94. The number of aryl methyl sites for hydroxylation is 1. The number of nitrogens with one attached hydrogen (secondary N) is 2. The van der Waals surface area contributed by atoms with Gasteiger partial charge >= 0.3 is 0 Å². The standard InChI is InChI=1S/C18H26FN3O2/c1-12(2)9-10-18(3,24)11-20-16(23)8-7-15-21-14-6-4-5-13(19)17(14)22-15/h4-6,12,24H,7-11H2,1-3H3,(H,20,23)(H,21,22). The molecule has 0 spiro atoms. The topological polar surface area (TPSA) is 78.0 Å². The fourth-order valence-corrected chi connectivity index (χ4v) is 2.46. The van der Waals surface area contributed by atoms with E-state index in [1.54, 1.807) is 19.1 Å². The molecule has 0 aliphatic carbocycles. The van der Waals surface area contributed by atoms with E-state index in [4.69, 9.17) is 0 Å². The van der Waals surface area contributed by atoms with E-state index in [9.17, 15) is 14.3 Å². The van der Waals surface area contributed by atoms with Crippen LogP contribution in [-0.2, 0) is 11.2 Å². The van der Waals surface area contributed by atoms with E-state index >= 15 is 0 Å². The van der Waals surface area contributed by atoms with Crippen LogP contribution in [0.25, 0.3) is 11.0 Å². The third-order valence-electron chi connectivity index (χ3n) is 4.03. The number of aliphatic hydroxyl groups is 1. The van der Waals surface area contributed by atoms with Gasteiger partial charge in [-0.1, -0.05) is 19.9 Å². The number of carbonyl (C=O) groups is 1. The van der Waals surface area contributed by atoms with E-state index in [2.05, 4.69) is 29.1 Å². The third kappa shape index (κ3) is 5.30. The van der Waals surface area contributed by atoms with Gasteiger partial charge in [-0.25, -0.2) is 9.37 Å². The molecule has 0 aliphatic heterocycles. The predicted molar refractivity (Wildman–Crippen MR) is 92.1 cm³/mol. The van der Waals surface area contributed by atoms with Gasteiger partial charge in [0.25, 0.3) is 0 Å². The number of fused-ring (bicyclic) bond motifs is 1. The zero-order valence-electron chi connectivity index (χ0n) is 14.5. The summed E-state index contributed by atoms with van der Waals surface area (Å²) in [5.41, 5.74) is 0.0224. The summed E-state index contributed by atoms with van der Waals surface area (Å²) >= 11 is 0. The molecule has 2 aromatic rings. The Balaban J connectivity index is 1.81. The Kier molecular flexibility index (Phi) is 5.94. The van der Waals surface area contributed by atoms with E-state index in [1.807, 2.05) is 0 Å². The number of halogens is 1. The second-order valence-corrected chi connectivity index (χ2v) is 7.03. The minimum absolute atomic E-state index is 0.152. The monoisotopic (exact) mass is 335 g/mol. The largest absolute Gasteiger partial charge is 0.388 e. The molecule has 6 heteroatoms. The summed E-state index contributed by atoms with van der Waals surface area (Å²) in [7, 11) is 0. The van der Waals surface area contributed by atoms with E-state index in [1.165, 1.54) is 6.07 Å². The molecule has 2 rings (SSSR count). The van der Waals surface area contributed by atoms with E-state index in [-0.39, 0.29) is 24.7 Å². The lowest BCUT2D eigenvalue weighted by Gasteiger charge is -2.24. The summed E-state index contributed by atoms with van der Waals surface area (Å²) in [6.07, 6.45) is 2.19. The molecule has 1 amide bonds. The summed E-state index contributed by atoms with van der Waals surface area (Å²) < 4.78 is 13.6. The normalized spacial score (nSPS) is 14.1. The molecule has 0 saturated carbocycles. The first-order valence-electron chi connectivity index (χ1n) is 8.39. The van der Waals surface area contributed by atoms with Crippen molar-refractivity contribution in [1.82, 2.24) is 15.3 Å². The zero-order chi connectivity index (χ0) is 17.7. The number of amides is 1. The third-order valence-corrected chi connectivity index (χ3v) is 4.03. The summed E-state index contributed by atoms with van der Waals surface area (Å²) in [4.78, 5) is 19.1.